The SMILES string of the molecule is CC(C)(C)OC(=O)Oc1ccc(C(c2ccc(OC(=O)OC(C)(C)C)cc2)(C(F)(F)F)C(F)(F)F)cc1.c1ccc([I+]c2ccccc2)cc1.c1ccc([S+](c2ccccc2)c2ccccc2)cc1. The maximum atomic E-state index is 14.3. The van der Waals surface area contributed by atoms with Crippen molar-refractivity contribution in [1.29, 1.82) is 0 Å². The van der Waals surface area contributed by atoms with E-state index in [0.717, 1.165) is 24.3 Å². The van der Waals surface area contributed by atoms with Crippen LogP contribution < -0.4 is 30.7 Å². The first-order valence-electron chi connectivity index (χ1n) is 21.4. The van der Waals surface area contributed by atoms with E-state index in [4.69, 9.17) is 18.9 Å². The Labute approximate surface area is 412 Å². The lowest BCUT2D eigenvalue weighted by Crippen LogP contribution is -3.61. The molecule has 0 fully saturated rings. The molecular formula is C55H51F6IO6S+2. The molecule has 360 valence electrons. The smallest absolute Gasteiger partial charge is 0.428 e. The van der Waals surface area contributed by atoms with Crippen LogP contribution in [-0.2, 0) is 25.8 Å². The van der Waals surface area contributed by atoms with Gasteiger partial charge in [-0.15, -0.1) is 0 Å². The van der Waals surface area contributed by atoms with Gasteiger partial charge in [0.25, 0.3) is 0 Å². The van der Waals surface area contributed by atoms with Crippen LogP contribution in [0.25, 0.3) is 0 Å². The van der Waals surface area contributed by atoms with E-state index in [-0.39, 0.29) is 43.6 Å². The third-order valence-electron chi connectivity index (χ3n) is 9.23. The number of ether oxygens (including phenoxy) is 4. The molecule has 0 N–H and O–H groups in total. The van der Waals surface area contributed by atoms with E-state index >= 15 is 0 Å². The van der Waals surface area contributed by atoms with Gasteiger partial charge in [-0.2, -0.15) is 26.3 Å². The van der Waals surface area contributed by atoms with Gasteiger partial charge in [-0.1, -0.05) is 115 Å². The predicted molar refractivity (Wildman–Crippen MR) is 251 cm³/mol. The van der Waals surface area contributed by atoms with Crippen molar-refractivity contribution in [2.24, 2.45) is 0 Å². The van der Waals surface area contributed by atoms with E-state index in [2.05, 4.69) is 152 Å². The van der Waals surface area contributed by atoms with E-state index in [1.807, 2.05) is 0 Å². The second-order valence-electron chi connectivity index (χ2n) is 16.9. The van der Waals surface area contributed by atoms with Crippen molar-refractivity contribution in [2.45, 2.75) is 85.2 Å². The Kier molecular flexibility index (Phi) is 18.6. The number of hydrogen-bond acceptors (Lipinski definition) is 6. The summed E-state index contributed by atoms with van der Waals surface area (Å²) in [5.41, 5.74) is -8.67. The number of hydrogen-bond donors (Lipinski definition) is 0. The number of benzene rings is 7. The van der Waals surface area contributed by atoms with Crippen LogP contribution in [0.2, 0.25) is 0 Å². The Balaban J connectivity index is 0.000000226. The normalized spacial score (nSPS) is 11.8. The standard InChI is InChI=1S/C25H26F6O6.C18H15S.C12H10I/c1-21(2,3)36-19(32)34-17-11-7-15(8-12-17)23(24(26,27)28,25(29,30)31)16-9-13-18(14-10-16)35-20(33)37-22(4,5)6;1-4-10-16(11-5-1)19(17-12-6-2-7-13-17)18-14-8-3-9-15-18;1-3-7-11(8-4-1)13-12-9-5-2-6-10-12/h7-14H,1-6H3;1-15H;1-10H/q;2*+1. The summed E-state index contributed by atoms with van der Waals surface area (Å²) < 4.78 is 108. The van der Waals surface area contributed by atoms with Gasteiger partial charge in [0, 0.05) is 0 Å². The van der Waals surface area contributed by atoms with Gasteiger partial charge >= 0.3 is 45.9 Å². The highest BCUT2D eigenvalue weighted by Gasteiger charge is 2.72. The molecule has 7 rings (SSSR count). The highest BCUT2D eigenvalue weighted by Crippen LogP contribution is 2.56. The van der Waals surface area contributed by atoms with Crippen molar-refractivity contribution in [3.05, 3.63) is 218 Å². The molecule has 14 heteroatoms. The second kappa shape index (κ2) is 23.8. The van der Waals surface area contributed by atoms with E-state index in [1.54, 1.807) is 41.5 Å². The summed E-state index contributed by atoms with van der Waals surface area (Å²) in [6.45, 7) is 9.26. The Hall–Kier alpha value is -6.26. The molecule has 0 saturated heterocycles. The Morgan fingerprint density at radius 1 is 0.391 bits per heavy atom. The van der Waals surface area contributed by atoms with Crippen LogP contribution in [0.3, 0.4) is 0 Å². The quantitative estimate of drug-likeness (QED) is 0.0472. The molecule has 0 radical (unpaired) electrons. The van der Waals surface area contributed by atoms with Crippen molar-refractivity contribution in [3.8, 4) is 11.5 Å². The first-order chi connectivity index (χ1) is 32.6. The number of carbonyl (C=O) groups excluding carboxylic acids is 2. The Bertz CT molecular complexity index is 2420. The maximum Gasteiger partial charge on any atom is 0.514 e. The van der Waals surface area contributed by atoms with E-state index in [0.29, 0.717) is 24.3 Å². The molecule has 0 aliphatic carbocycles. The van der Waals surface area contributed by atoms with Gasteiger partial charge in [-0.25, -0.2) is 9.59 Å². The minimum absolute atomic E-state index is 0.0146. The van der Waals surface area contributed by atoms with Crippen LogP contribution in [0.15, 0.2) is 215 Å². The van der Waals surface area contributed by atoms with Gasteiger partial charge < -0.3 is 18.9 Å². The first-order valence-corrected chi connectivity index (χ1v) is 24.7. The average Bonchev–Trinajstić information content (AvgIpc) is 3.28. The third-order valence-corrected chi connectivity index (χ3v) is 14.1. The number of rotatable bonds is 9. The summed E-state index contributed by atoms with van der Waals surface area (Å²) in [5, 5.41) is 0. The fraction of sp³-hybridized carbons (Fsp3) is 0.200. The lowest BCUT2D eigenvalue weighted by Gasteiger charge is -2.38. The molecule has 0 heterocycles. The summed E-state index contributed by atoms with van der Waals surface area (Å²) in [4.78, 5) is 27.7. The molecule has 0 aliphatic rings. The van der Waals surface area contributed by atoms with E-state index in [9.17, 15) is 35.9 Å². The highest BCUT2D eigenvalue weighted by molar-refractivity contribution is 7.97. The first kappa shape index (κ1) is 53.7. The fourth-order valence-electron chi connectivity index (χ4n) is 6.42. The summed E-state index contributed by atoms with van der Waals surface area (Å²) in [5.74, 6) is -0.644. The number of carbonyl (C=O) groups is 2. The summed E-state index contributed by atoms with van der Waals surface area (Å²) in [6.07, 6.45) is -14.0. The molecule has 69 heavy (non-hydrogen) atoms. The monoisotopic (exact) mass is 1080 g/mol. The largest absolute Gasteiger partial charge is 0.514 e. The van der Waals surface area contributed by atoms with E-state index in [1.165, 1.54) is 21.8 Å². The summed E-state index contributed by atoms with van der Waals surface area (Å²) >= 11 is 0.0287. The minimum atomic E-state index is -5.84. The fourth-order valence-corrected chi connectivity index (χ4v) is 10.8. The molecule has 0 atom stereocenters. The van der Waals surface area contributed by atoms with Gasteiger partial charge in [-0.3, -0.25) is 0 Å². The van der Waals surface area contributed by atoms with Crippen molar-refractivity contribution in [2.75, 3.05) is 0 Å². The molecule has 7 aromatic rings. The average molecular weight is 1080 g/mol. The molecule has 6 nitrogen and oxygen atoms in total. The van der Waals surface area contributed by atoms with Gasteiger partial charge in [0.05, 0.1) is 10.9 Å². The zero-order valence-corrected chi connectivity index (χ0v) is 41.5. The molecule has 0 saturated carbocycles. The molecule has 0 bridgehead atoms. The lowest BCUT2D eigenvalue weighted by atomic mass is 9.73. The lowest BCUT2D eigenvalue weighted by molar-refractivity contribution is -0.597. The van der Waals surface area contributed by atoms with Crippen LogP contribution in [0.1, 0.15) is 52.7 Å². The van der Waals surface area contributed by atoms with E-state index < -0.39 is 52.4 Å². The zero-order chi connectivity index (χ0) is 50.3. The third kappa shape index (κ3) is 15.9. The van der Waals surface area contributed by atoms with Crippen LogP contribution in [0, 0.1) is 7.14 Å². The number of alkyl halides is 6. The van der Waals surface area contributed by atoms with Crippen molar-refractivity contribution < 1.29 is 76.1 Å². The minimum Gasteiger partial charge on any atom is -0.428 e. The second-order valence-corrected chi connectivity index (χ2v) is 21.9. The van der Waals surface area contributed by atoms with Crippen LogP contribution in [-0.4, -0.2) is 35.9 Å². The van der Waals surface area contributed by atoms with Crippen molar-refractivity contribution >= 4 is 23.2 Å². The van der Waals surface area contributed by atoms with Gasteiger partial charge in [0.1, 0.15) is 22.7 Å². The van der Waals surface area contributed by atoms with Gasteiger partial charge in [-0.05, 0) is 138 Å². The van der Waals surface area contributed by atoms with Crippen LogP contribution in [0.4, 0.5) is 35.9 Å². The molecular weight excluding hydrogens is 1030 g/mol. The highest BCUT2D eigenvalue weighted by atomic mass is 127. The molecule has 0 aliphatic heterocycles. The zero-order valence-electron chi connectivity index (χ0n) is 38.6. The van der Waals surface area contributed by atoms with Crippen LogP contribution in [0.5, 0.6) is 11.5 Å². The van der Waals surface area contributed by atoms with Crippen molar-refractivity contribution in [3.63, 3.8) is 0 Å². The molecule has 0 amide bonds. The summed E-state index contributed by atoms with van der Waals surface area (Å²) in [6, 6.07) is 59.0. The Morgan fingerprint density at radius 3 is 0.899 bits per heavy atom. The van der Waals surface area contributed by atoms with Crippen LogP contribution >= 0.6 is 0 Å². The molecule has 0 unspecified atom stereocenters. The predicted octanol–water partition coefficient (Wildman–Crippen LogP) is 12.3. The Morgan fingerprint density at radius 2 is 0.652 bits per heavy atom. The molecule has 0 spiro atoms. The van der Waals surface area contributed by atoms with Gasteiger partial charge in [0.2, 0.25) is 5.41 Å². The maximum absolute atomic E-state index is 14.3. The topological polar surface area (TPSA) is 71.1 Å². The molecule has 7 aromatic carbocycles. The summed E-state index contributed by atoms with van der Waals surface area (Å²) in [7, 11) is -0.0146. The van der Waals surface area contributed by atoms with Gasteiger partial charge in [0.15, 0.2) is 21.8 Å². The van der Waals surface area contributed by atoms with Crippen molar-refractivity contribution in [1.82, 2.24) is 0 Å². The molecule has 0 aromatic heterocycles. The number of halogens is 7.